The number of fused-ring (bicyclic) bond motifs is 1. The second-order valence-electron chi connectivity index (χ2n) is 5.85. The molecule has 2 heterocycles. The van der Waals surface area contributed by atoms with Gasteiger partial charge in [0.25, 0.3) is 12.1 Å². The van der Waals surface area contributed by atoms with E-state index in [1.165, 1.54) is 0 Å². The van der Waals surface area contributed by atoms with Gasteiger partial charge in [-0.2, -0.15) is 4.57 Å². The largest absolute Gasteiger partial charge is 0.296 e. The smallest absolute Gasteiger partial charge is 0.272 e. The lowest BCUT2D eigenvalue weighted by atomic mass is 10.3. The molecular weight excluding hydrogens is 442 g/mol. The van der Waals surface area contributed by atoms with E-state index in [0.29, 0.717) is 16.9 Å². The van der Waals surface area contributed by atoms with Crippen molar-refractivity contribution in [1.29, 1.82) is 0 Å². The van der Waals surface area contributed by atoms with Crippen molar-refractivity contribution >= 4 is 49.0 Å². The van der Waals surface area contributed by atoms with Gasteiger partial charge in [0, 0.05) is 4.47 Å². The standard InChI is InChI=1S/C19H14BrN5O2S/c1-2-24-11-12-25(13-24)19-18(21-16-5-3-4-6-17(16)22-19)23-28(26,27)15-9-7-14(20)8-10-15/h2-13H,1H2/p+1. The van der Waals surface area contributed by atoms with Crippen LogP contribution in [0.2, 0.25) is 0 Å². The first-order valence-corrected chi connectivity index (χ1v) is 10.5. The average molecular weight is 457 g/mol. The molecule has 2 aromatic carbocycles. The van der Waals surface area contributed by atoms with Crippen molar-refractivity contribution in [3.8, 4) is 5.82 Å². The maximum Gasteiger partial charge on any atom is 0.272 e. The van der Waals surface area contributed by atoms with Crippen molar-refractivity contribution in [2.75, 3.05) is 0 Å². The number of benzene rings is 2. The minimum Gasteiger partial charge on any atom is -0.296 e. The second-order valence-corrected chi connectivity index (χ2v) is 8.41. The van der Waals surface area contributed by atoms with Crippen LogP contribution in [0, 0.1) is 0 Å². The molecule has 0 aliphatic rings. The Morgan fingerprint density at radius 1 is 1.14 bits per heavy atom. The van der Waals surface area contributed by atoms with Gasteiger partial charge in [-0.3, -0.25) is 4.55 Å². The van der Waals surface area contributed by atoms with E-state index in [4.69, 9.17) is 0 Å². The predicted octanol–water partition coefficient (Wildman–Crippen LogP) is 4.20. The molecule has 0 saturated carbocycles. The summed E-state index contributed by atoms with van der Waals surface area (Å²) in [5, 5.41) is 0. The van der Waals surface area contributed by atoms with Gasteiger partial charge in [-0.05, 0) is 36.4 Å². The molecule has 7 nitrogen and oxygen atoms in total. The van der Waals surface area contributed by atoms with Crippen LogP contribution in [-0.2, 0) is 10.0 Å². The molecule has 0 radical (unpaired) electrons. The van der Waals surface area contributed by atoms with E-state index in [1.807, 2.05) is 18.2 Å². The molecule has 0 aliphatic carbocycles. The van der Waals surface area contributed by atoms with Gasteiger partial charge in [-0.25, -0.2) is 18.7 Å². The average Bonchev–Trinajstić information content (AvgIpc) is 3.16. The third-order valence-corrected chi connectivity index (χ3v) is 5.81. The van der Waals surface area contributed by atoms with E-state index >= 15 is 0 Å². The molecule has 4 rings (SSSR count). The number of hydrogen-bond donors (Lipinski definition) is 1. The minimum absolute atomic E-state index is 0.0703. The number of nitrogens with zero attached hydrogens (tertiary/aromatic N) is 5. The van der Waals surface area contributed by atoms with Crippen molar-refractivity contribution in [2.45, 2.75) is 4.90 Å². The fraction of sp³-hybridized carbons (Fsp3) is 0. The van der Waals surface area contributed by atoms with Gasteiger partial charge in [-0.15, -0.1) is 4.36 Å². The normalized spacial score (nSPS) is 13.2. The molecule has 0 bridgehead atoms. The zero-order valence-corrected chi connectivity index (χ0v) is 16.9. The molecule has 0 spiro atoms. The Labute approximate surface area is 170 Å². The van der Waals surface area contributed by atoms with Crippen molar-refractivity contribution in [3.05, 3.63) is 78.3 Å². The molecule has 4 aromatic rings. The Morgan fingerprint density at radius 2 is 1.82 bits per heavy atom. The Bertz CT molecular complexity index is 1310. The Balaban J connectivity index is 1.96. The third kappa shape index (κ3) is 3.59. The van der Waals surface area contributed by atoms with E-state index in [-0.39, 0.29) is 10.7 Å². The molecule has 140 valence electrons. The molecule has 0 saturated heterocycles. The lowest BCUT2D eigenvalue weighted by Gasteiger charge is -2.06. The van der Waals surface area contributed by atoms with Gasteiger partial charge in [0.15, 0.2) is 10.0 Å². The highest BCUT2D eigenvalue weighted by Crippen LogP contribution is 2.26. The molecule has 9 heteroatoms. The predicted molar refractivity (Wildman–Crippen MR) is 111 cm³/mol. The molecule has 0 aliphatic heterocycles. The number of halogens is 1. The first-order chi connectivity index (χ1) is 13.5. The van der Waals surface area contributed by atoms with Gasteiger partial charge >= 0.3 is 0 Å². The number of aromatic nitrogens is 4. The first-order valence-electron chi connectivity index (χ1n) is 8.20. The number of imidazole rings is 1. The molecule has 28 heavy (non-hydrogen) atoms. The highest BCUT2D eigenvalue weighted by atomic mass is 79.9. The summed E-state index contributed by atoms with van der Waals surface area (Å²) in [6.07, 6.45) is 6.87. The quantitative estimate of drug-likeness (QED) is 0.466. The fourth-order valence-electron chi connectivity index (χ4n) is 2.60. The summed E-state index contributed by atoms with van der Waals surface area (Å²) in [5.41, 5.74) is 1.24. The van der Waals surface area contributed by atoms with Gasteiger partial charge in [0.05, 0.1) is 22.1 Å². The summed E-state index contributed by atoms with van der Waals surface area (Å²) in [5.74, 6) is 0.416. The van der Waals surface area contributed by atoms with Crippen molar-refractivity contribution in [3.63, 3.8) is 0 Å². The second kappa shape index (κ2) is 7.27. The number of hydrogen-bond acceptors (Lipinski definition) is 4. The SMILES string of the molecule is C=C[n+]1ccn(-c2nc3ccccc3nc2N=S(=O)(O)c2ccc(Br)cc2)c1. The van der Waals surface area contributed by atoms with E-state index in [2.05, 4.69) is 36.8 Å². The van der Waals surface area contributed by atoms with Gasteiger partial charge in [0.2, 0.25) is 5.82 Å². The fourth-order valence-corrected chi connectivity index (χ4v) is 3.82. The van der Waals surface area contributed by atoms with E-state index in [0.717, 1.165) is 4.47 Å². The molecule has 0 amide bonds. The van der Waals surface area contributed by atoms with Gasteiger partial charge in [0.1, 0.15) is 12.4 Å². The maximum atomic E-state index is 12.9. The number of para-hydroxylation sites is 2. The van der Waals surface area contributed by atoms with Crippen LogP contribution >= 0.6 is 15.9 Å². The van der Waals surface area contributed by atoms with Crippen molar-refractivity contribution in [2.24, 2.45) is 4.36 Å². The molecule has 1 unspecified atom stereocenters. The molecule has 2 aromatic heterocycles. The zero-order chi connectivity index (χ0) is 19.7. The molecule has 1 atom stereocenters. The van der Waals surface area contributed by atoms with Gasteiger partial charge < -0.3 is 0 Å². The summed E-state index contributed by atoms with van der Waals surface area (Å²) in [4.78, 5) is 9.27. The monoisotopic (exact) mass is 456 g/mol. The lowest BCUT2D eigenvalue weighted by molar-refractivity contribution is -0.566. The van der Waals surface area contributed by atoms with Crippen LogP contribution in [0.4, 0.5) is 5.82 Å². The maximum absolute atomic E-state index is 12.9. The van der Waals surface area contributed by atoms with Crippen LogP contribution in [0.15, 0.2) is 87.6 Å². The van der Waals surface area contributed by atoms with E-state index < -0.39 is 10.0 Å². The topological polar surface area (TPSA) is 84.3 Å². The van der Waals surface area contributed by atoms with Crippen LogP contribution in [0.3, 0.4) is 0 Å². The highest BCUT2D eigenvalue weighted by molar-refractivity contribution is 9.10. The molecule has 1 N–H and O–H groups in total. The first kappa shape index (κ1) is 18.5. The van der Waals surface area contributed by atoms with E-state index in [1.54, 1.807) is 64.4 Å². The highest BCUT2D eigenvalue weighted by Gasteiger charge is 2.19. The van der Waals surface area contributed by atoms with Crippen molar-refractivity contribution in [1.82, 2.24) is 14.5 Å². The summed E-state index contributed by atoms with van der Waals surface area (Å²) in [6, 6.07) is 13.8. The zero-order valence-electron chi connectivity index (χ0n) is 14.5. The Hall–Kier alpha value is -2.88. The van der Waals surface area contributed by atoms with Crippen LogP contribution in [-0.4, -0.2) is 23.3 Å². The number of rotatable bonds is 4. The Kier molecular flexibility index (Phi) is 4.80. The Morgan fingerprint density at radius 3 is 2.46 bits per heavy atom. The summed E-state index contributed by atoms with van der Waals surface area (Å²) < 4.78 is 31.8. The summed E-state index contributed by atoms with van der Waals surface area (Å²) in [6.45, 7) is 3.72. The van der Waals surface area contributed by atoms with Crippen LogP contribution < -0.4 is 4.57 Å². The molecular formula is C19H15BrN5O2S+. The van der Waals surface area contributed by atoms with Crippen molar-refractivity contribution < 1.29 is 13.3 Å². The van der Waals surface area contributed by atoms with Crippen LogP contribution in [0.5, 0.6) is 0 Å². The van der Waals surface area contributed by atoms with E-state index in [9.17, 15) is 8.76 Å². The summed E-state index contributed by atoms with van der Waals surface area (Å²) in [7, 11) is -3.72. The lowest BCUT2D eigenvalue weighted by Crippen LogP contribution is -2.21. The summed E-state index contributed by atoms with van der Waals surface area (Å²) >= 11 is 3.32. The van der Waals surface area contributed by atoms with Crippen LogP contribution in [0.25, 0.3) is 23.1 Å². The third-order valence-electron chi connectivity index (χ3n) is 3.98. The molecule has 0 fully saturated rings. The minimum atomic E-state index is -3.72. The van der Waals surface area contributed by atoms with Crippen LogP contribution in [0.1, 0.15) is 0 Å². The van der Waals surface area contributed by atoms with Gasteiger partial charge in [-0.1, -0.05) is 34.6 Å².